The van der Waals surface area contributed by atoms with E-state index in [4.69, 9.17) is 5.26 Å². The Bertz CT molecular complexity index is 659. The van der Waals surface area contributed by atoms with Crippen molar-refractivity contribution in [1.82, 2.24) is 10.3 Å². The maximum atomic E-state index is 11.9. The number of benzene rings is 1. The number of aryl methyl sites for hydroxylation is 1. The predicted molar refractivity (Wildman–Crippen MR) is 76.2 cm³/mol. The van der Waals surface area contributed by atoms with Gasteiger partial charge >= 0.3 is 0 Å². The Labute approximate surface area is 118 Å². The molecule has 4 nitrogen and oxygen atoms in total. The number of pyridine rings is 1. The first-order valence-corrected chi connectivity index (χ1v) is 6.39. The number of nitrogens with zero attached hydrogens (tertiary/aromatic N) is 2. The van der Waals surface area contributed by atoms with Gasteiger partial charge in [0.15, 0.2) is 0 Å². The summed E-state index contributed by atoms with van der Waals surface area (Å²) in [6, 6.07) is 13.1. The number of hydrogen-bond donors (Lipinski definition) is 1. The first kappa shape index (κ1) is 13.8. The quantitative estimate of drug-likeness (QED) is 0.922. The summed E-state index contributed by atoms with van der Waals surface area (Å²) < 4.78 is 0. The Kier molecular flexibility index (Phi) is 4.46. The molecule has 0 atom stereocenters. The van der Waals surface area contributed by atoms with Crippen molar-refractivity contribution in [3.8, 4) is 6.07 Å². The maximum Gasteiger partial charge on any atom is 0.269 e. The summed E-state index contributed by atoms with van der Waals surface area (Å²) in [5.74, 6) is -0.254. The average Bonchev–Trinajstić information content (AvgIpc) is 2.49. The van der Waals surface area contributed by atoms with Gasteiger partial charge in [0.1, 0.15) is 5.69 Å². The fraction of sp³-hybridized carbons (Fsp3) is 0.188. The van der Waals surface area contributed by atoms with Crippen LogP contribution < -0.4 is 5.32 Å². The van der Waals surface area contributed by atoms with E-state index in [1.54, 1.807) is 6.07 Å². The monoisotopic (exact) mass is 265 g/mol. The van der Waals surface area contributed by atoms with E-state index in [0.717, 1.165) is 6.42 Å². The van der Waals surface area contributed by atoms with Crippen LogP contribution in [0.25, 0.3) is 0 Å². The molecule has 0 bridgehead atoms. The third kappa shape index (κ3) is 3.42. The first-order valence-electron chi connectivity index (χ1n) is 6.39. The van der Waals surface area contributed by atoms with E-state index in [1.807, 2.05) is 18.2 Å². The van der Waals surface area contributed by atoms with E-state index in [9.17, 15) is 4.79 Å². The van der Waals surface area contributed by atoms with Gasteiger partial charge in [-0.15, -0.1) is 0 Å². The second-order valence-corrected chi connectivity index (χ2v) is 4.47. The standard InChI is InChI=1S/C16H15N3O/c1-12-4-2-3-5-14(12)7-9-19-16(20)15-10-13(11-17)6-8-18-15/h2-6,8,10H,7,9H2,1H3,(H,19,20). The Morgan fingerprint density at radius 1 is 1.35 bits per heavy atom. The minimum Gasteiger partial charge on any atom is -0.350 e. The van der Waals surface area contributed by atoms with Gasteiger partial charge in [-0.3, -0.25) is 9.78 Å². The van der Waals surface area contributed by atoms with Gasteiger partial charge in [0, 0.05) is 12.7 Å². The van der Waals surface area contributed by atoms with E-state index in [0.29, 0.717) is 12.1 Å². The minimum absolute atomic E-state index is 0.254. The summed E-state index contributed by atoms with van der Waals surface area (Å²) in [5.41, 5.74) is 3.13. The Morgan fingerprint density at radius 2 is 2.15 bits per heavy atom. The minimum atomic E-state index is -0.254. The first-order chi connectivity index (χ1) is 9.70. The molecule has 100 valence electrons. The highest BCUT2D eigenvalue weighted by molar-refractivity contribution is 5.92. The van der Waals surface area contributed by atoms with Gasteiger partial charge in [-0.1, -0.05) is 24.3 Å². The SMILES string of the molecule is Cc1ccccc1CCNC(=O)c1cc(C#N)ccn1. The van der Waals surface area contributed by atoms with Crippen LogP contribution in [0.1, 0.15) is 27.2 Å². The van der Waals surface area contributed by atoms with Gasteiger partial charge in [0.2, 0.25) is 0 Å². The highest BCUT2D eigenvalue weighted by Gasteiger charge is 2.07. The topological polar surface area (TPSA) is 65.8 Å². The van der Waals surface area contributed by atoms with Gasteiger partial charge in [-0.05, 0) is 36.6 Å². The lowest BCUT2D eigenvalue weighted by molar-refractivity contribution is 0.0949. The number of rotatable bonds is 4. The number of nitrogens with one attached hydrogen (secondary N) is 1. The number of carbonyl (C=O) groups is 1. The molecular weight excluding hydrogens is 250 g/mol. The molecule has 0 aliphatic carbocycles. The summed E-state index contributed by atoms with van der Waals surface area (Å²) in [6.07, 6.45) is 2.24. The molecule has 0 spiro atoms. The van der Waals surface area contributed by atoms with Gasteiger partial charge in [0.05, 0.1) is 11.6 Å². The number of hydrogen-bond acceptors (Lipinski definition) is 3. The molecule has 1 N–H and O–H groups in total. The van der Waals surface area contributed by atoms with E-state index < -0.39 is 0 Å². The molecule has 0 saturated heterocycles. The van der Waals surface area contributed by atoms with Crippen LogP contribution >= 0.6 is 0 Å². The van der Waals surface area contributed by atoms with E-state index in [2.05, 4.69) is 29.4 Å². The van der Waals surface area contributed by atoms with E-state index in [1.165, 1.54) is 23.4 Å². The molecule has 4 heteroatoms. The zero-order chi connectivity index (χ0) is 14.4. The molecule has 0 radical (unpaired) electrons. The van der Waals surface area contributed by atoms with Crippen LogP contribution in [0, 0.1) is 18.3 Å². The van der Waals surface area contributed by atoms with E-state index in [-0.39, 0.29) is 11.6 Å². The number of aromatic nitrogens is 1. The second kappa shape index (κ2) is 6.48. The predicted octanol–water partition coefficient (Wildman–Crippen LogP) is 2.23. The third-order valence-corrected chi connectivity index (χ3v) is 3.06. The van der Waals surface area contributed by atoms with Gasteiger partial charge < -0.3 is 5.32 Å². The number of amides is 1. The van der Waals surface area contributed by atoms with Gasteiger partial charge in [-0.2, -0.15) is 5.26 Å². The van der Waals surface area contributed by atoms with Crippen molar-refractivity contribution < 1.29 is 4.79 Å². The second-order valence-electron chi connectivity index (χ2n) is 4.47. The zero-order valence-electron chi connectivity index (χ0n) is 11.3. The van der Waals surface area contributed by atoms with Crippen LogP contribution in [0.5, 0.6) is 0 Å². The molecule has 1 aromatic heterocycles. The Hall–Kier alpha value is -2.67. The molecule has 0 fully saturated rings. The molecule has 0 unspecified atom stereocenters. The van der Waals surface area contributed by atoms with Crippen molar-refractivity contribution in [2.45, 2.75) is 13.3 Å². The molecule has 2 aromatic rings. The number of nitriles is 1. The van der Waals surface area contributed by atoms with Crippen molar-refractivity contribution in [3.05, 3.63) is 65.0 Å². The van der Waals surface area contributed by atoms with Crippen molar-refractivity contribution in [1.29, 1.82) is 5.26 Å². The summed E-state index contributed by atoms with van der Waals surface area (Å²) in [4.78, 5) is 15.9. The Morgan fingerprint density at radius 3 is 2.90 bits per heavy atom. The highest BCUT2D eigenvalue weighted by atomic mass is 16.1. The van der Waals surface area contributed by atoms with Crippen molar-refractivity contribution in [3.63, 3.8) is 0 Å². The van der Waals surface area contributed by atoms with Crippen LogP contribution in [0.2, 0.25) is 0 Å². The summed E-state index contributed by atoms with van der Waals surface area (Å²) >= 11 is 0. The molecule has 2 rings (SSSR count). The van der Waals surface area contributed by atoms with Crippen LogP contribution in [-0.2, 0) is 6.42 Å². The highest BCUT2D eigenvalue weighted by Crippen LogP contribution is 2.07. The van der Waals surface area contributed by atoms with Crippen LogP contribution in [0.4, 0.5) is 0 Å². The fourth-order valence-electron chi connectivity index (χ4n) is 1.92. The smallest absolute Gasteiger partial charge is 0.269 e. The van der Waals surface area contributed by atoms with Crippen LogP contribution in [0.3, 0.4) is 0 Å². The van der Waals surface area contributed by atoms with Crippen LogP contribution in [-0.4, -0.2) is 17.4 Å². The Balaban J connectivity index is 1.93. The lowest BCUT2D eigenvalue weighted by Gasteiger charge is -2.07. The summed E-state index contributed by atoms with van der Waals surface area (Å²) in [7, 11) is 0. The molecule has 1 aromatic carbocycles. The molecule has 0 saturated carbocycles. The third-order valence-electron chi connectivity index (χ3n) is 3.06. The van der Waals surface area contributed by atoms with Crippen molar-refractivity contribution in [2.24, 2.45) is 0 Å². The number of carbonyl (C=O) groups excluding carboxylic acids is 1. The maximum absolute atomic E-state index is 11.9. The largest absolute Gasteiger partial charge is 0.350 e. The molecule has 1 amide bonds. The summed E-state index contributed by atoms with van der Waals surface area (Å²) in [5, 5.41) is 11.6. The lowest BCUT2D eigenvalue weighted by atomic mass is 10.1. The molecule has 0 aliphatic heterocycles. The van der Waals surface area contributed by atoms with Crippen molar-refractivity contribution >= 4 is 5.91 Å². The normalized spacial score (nSPS) is 9.80. The van der Waals surface area contributed by atoms with Gasteiger partial charge in [-0.25, -0.2) is 0 Å². The molecule has 20 heavy (non-hydrogen) atoms. The molecule has 1 heterocycles. The average molecular weight is 265 g/mol. The summed E-state index contributed by atoms with van der Waals surface area (Å²) in [6.45, 7) is 2.59. The molecule has 0 aliphatic rings. The van der Waals surface area contributed by atoms with Gasteiger partial charge in [0.25, 0.3) is 5.91 Å². The van der Waals surface area contributed by atoms with Crippen molar-refractivity contribution in [2.75, 3.05) is 6.54 Å². The van der Waals surface area contributed by atoms with E-state index >= 15 is 0 Å². The lowest BCUT2D eigenvalue weighted by Crippen LogP contribution is -2.26. The molecular formula is C16H15N3O. The van der Waals surface area contributed by atoms with Crippen LogP contribution in [0.15, 0.2) is 42.6 Å². The fourth-order valence-corrected chi connectivity index (χ4v) is 1.92. The zero-order valence-corrected chi connectivity index (χ0v) is 11.3.